The largest absolute Gasteiger partial charge is 0.303 e. The maximum atomic E-state index is 12.2. The summed E-state index contributed by atoms with van der Waals surface area (Å²) in [6.07, 6.45) is 20.9. The first kappa shape index (κ1) is 52.1. The van der Waals surface area contributed by atoms with Gasteiger partial charge in [0.15, 0.2) is 11.6 Å². The first-order valence-electron chi connectivity index (χ1n) is 23.7. The molecule has 0 aromatic rings. The van der Waals surface area contributed by atoms with E-state index in [1.165, 1.54) is 17.6 Å². The van der Waals surface area contributed by atoms with Crippen LogP contribution in [0.1, 0.15) is 185 Å². The molecule has 4 saturated carbocycles. The molecule has 6 rings (SSSR count). The Kier molecular flexibility index (Phi) is 18.7. The van der Waals surface area contributed by atoms with Crippen LogP contribution in [-0.2, 0) is 28.8 Å². The van der Waals surface area contributed by atoms with Crippen molar-refractivity contribution in [3.63, 3.8) is 0 Å². The van der Waals surface area contributed by atoms with Gasteiger partial charge in [0.05, 0.1) is 0 Å². The summed E-state index contributed by atoms with van der Waals surface area (Å²) < 4.78 is 0. The lowest BCUT2D eigenvalue weighted by molar-refractivity contribution is -0.127. The van der Waals surface area contributed by atoms with Crippen LogP contribution in [0.3, 0.4) is 0 Å². The van der Waals surface area contributed by atoms with Gasteiger partial charge < -0.3 is 9.59 Å². The van der Waals surface area contributed by atoms with Gasteiger partial charge >= 0.3 is 0 Å². The second-order valence-electron chi connectivity index (χ2n) is 21.9. The van der Waals surface area contributed by atoms with Gasteiger partial charge in [0.2, 0.25) is 0 Å². The van der Waals surface area contributed by atoms with Gasteiger partial charge in [-0.15, -0.1) is 0 Å². The van der Waals surface area contributed by atoms with Crippen molar-refractivity contribution < 1.29 is 28.8 Å². The van der Waals surface area contributed by atoms with E-state index >= 15 is 0 Å². The Labute approximate surface area is 371 Å². The Morgan fingerprint density at radius 2 is 1.15 bits per heavy atom. The smallest absolute Gasteiger partial charge is 0.159 e. The zero-order valence-corrected chi connectivity index (χ0v) is 40.4. The molecule has 0 aromatic heterocycles. The number of rotatable bonds is 9. The quantitative estimate of drug-likeness (QED) is 0.169. The number of allylic oxidation sites excluding steroid dienone is 7. The van der Waals surface area contributed by atoms with Crippen LogP contribution in [0.2, 0.25) is 0 Å². The lowest BCUT2D eigenvalue weighted by Gasteiger charge is -2.46. The molecule has 0 amide bonds. The topological polar surface area (TPSA) is 102 Å². The van der Waals surface area contributed by atoms with Gasteiger partial charge in [0.1, 0.15) is 24.1 Å². The van der Waals surface area contributed by atoms with Crippen LogP contribution in [0.5, 0.6) is 0 Å². The van der Waals surface area contributed by atoms with Gasteiger partial charge in [-0.1, -0.05) is 104 Å². The molecule has 6 nitrogen and oxygen atoms in total. The SMILES string of the molecule is C=C(C)[C@@H]1CC(=O)C2=CCC[C@H](C)[C@@]2(C)C1.C=C(C)[C@@H]1CC=C2C(=O)CC[C@H](C)[C@@]2(C)C1.C=C(C)[C@H](CC=O)C[C@@]1(C)CC(=O)CC[C@@H]1C.C[C@H]1CCC(=O)C[C@]1(C)CC=O. The number of hydrogen-bond acceptors (Lipinski definition) is 6. The van der Waals surface area contributed by atoms with Crippen LogP contribution in [0.4, 0.5) is 0 Å². The third-order valence-corrected chi connectivity index (χ3v) is 17.2. The number of aldehydes is 2. The fraction of sp³-hybridized carbons (Fsp3) is 0.709. The molecule has 0 saturated heterocycles. The molecule has 0 aliphatic heterocycles. The highest BCUT2D eigenvalue weighted by molar-refractivity contribution is 5.98. The molecule has 11 atom stereocenters. The van der Waals surface area contributed by atoms with E-state index in [1.54, 1.807) is 0 Å². The normalized spacial score (nSPS) is 36.2. The van der Waals surface area contributed by atoms with Gasteiger partial charge in [-0.05, 0) is 153 Å². The fourth-order valence-corrected chi connectivity index (χ4v) is 11.3. The highest BCUT2D eigenvalue weighted by Crippen LogP contribution is 2.53. The number of carbonyl (C=O) groups excluding carboxylic acids is 6. The lowest BCUT2D eigenvalue weighted by atomic mass is 9.57. The predicted octanol–water partition coefficient (Wildman–Crippen LogP) is 13.3. The van der Waals surface area contributed by atoms with Gasteiger partial charge in [0.25, 0.3) is 0 Å². The van der Waals surface area contributed by atoms with Crippen molar-refractivity contribution in [1.82, 2.24) is 0 Å². The van der Waals surface area contributed by atoms with Crippen molar-refractivity contribution in [2.24, 2.45) is 63.1 Å². The summed E-state index contributed by atoms with van der Waals surface area (Å²) in [6, 6.07) is 0. The second kappa shape index (κ2) is 21.9. The summed E-state index contributed by atoms with van der Waals surface area (Å²) in [7, 11) is 0. The Hall–Kier alpha value is -3.28. The molecule has 6 aliphatic carbocycles. The number of Topliss-reactive ketones (excluding diaryl/α,β-unsaturated/α-hetero) is 4. The Morgan fingerprint density at radius 3 is 1.67 bits per heavy atom. The van der Waals surface area contributed by atoms with Crippen LogP contribution >= 0.6 is 0 Å². The molecule has 6 heteroatoms. The van der Waals surface area contributed by atoms with Crippen LogP contribution in [-0.4, -0.2) is 35.7 Å². The number of carbonyl (C=O) groups is 6. The van der Waals surface area contributed by atoms with Crippen molar-refractivity contribution >= 4 is 35.7 Å². The monoisotopic (exact) mass is 841 g/mol. The molecule has 0 spiro atoms. The molecule has 0 radical (unpaired) electrons. The molecule has 0 aromatic carbocycles. The number of hydrogen-bond donors (Lipinski definition) is 0. The average molecular weight is 841 g/mol. The molecule has 0 bridgehead atoms. The van der Waals surface area contributed by atoms with E-state index in [1.807, 2.05) is 13.8 Å². The van der Waals surface area contributed by atoms with Crippen molar-refractivity contribution in [1.29, 1.82) is 0 Å². The van der Waals surface area contributed by atoms with Gasteiger partial charge in [-0.2, -0.15) is 0 Å². The maximum Gasteiger partial charge on any atom is 0.159 e. The first-order valence-corrected chi connectivity index (χ1v) is 23.7. The zero-order chi connectivity index (χ0) is 46.1. The van der Waals surface area contributed by atoms with E-state index in [9.17, 15) is 28.8 Å². The summed E-state index contributed by atoms with van der Waals surface area (Å²) in [5, 5.41) is 0. The van der Waals surface area contributed by atoms with E-state index in [0.717, 1.165) is 93.5 Å². The van der Waals surface area contributed by atoms with Gasteiger partial charge in [-0.25, -0.2) is 0 Å². The number of fused-ring (bicyclic) bond motifs is 2. The molecule has 0 N–H and O–H groups in total. The standard InChI is InChI=1S/C15H24O2.2C15H22O.C10H16O2/c1-11(2)13(7-8-16)9-15(4)10-14(17)6-5-12(15)3;1-10(2)12-6-7-13-14(16)8-5-11(3)15(13,4)9-12;1-10(2)12-8-14(16)13-7-5-6-11(3)15(13,4)9-12;1-8-3-4-9(12)7-10(8,2)5-6-11/h8,12-13H,1,5-7,9-10H2,2-4H3;2*7,11-12H,1,5-6,8-9H2,2-4H3;6,8H,3-5,7H2,1-2H3/t12-,13+,15-;2*11-,12+,15+;8-,10-/m0000/s1. The Bertz CT molecular complexity index is 1740. The van der Waals surface area contributed by atoms with E-state index in [0.29, 0.717) is 97.2 Å². The van der Waals surface area contributed by atoms with Crippen LogP contribution in [0, 0.1) is 63.1 Å². The van der Waals surface area contributed by atoms with Crippen LogP contribution < -0.4 is 0 Å². The second-order valence-corrected chi connectivity index (χ2v) is 21.9. The van der Waals surface area contributed by atoms with E-state index < -0.39 is 0 Å². The summed E-state index contributed by atoms with van der Waals surface area (Å²) in [5.74, 6) is 4.94. The van der Waals surface area contributed by atoms with Crippen molar-refractivity contribution in [3.05, 3.63) is 59.8 Å². The van der Waals surface area contributed by atoms with Gasteiger partial charge in [0, 0.05) is 51.4 Å². The maximum absolute atomic E-state index is 12.2. The zero-order valence-electron chi connectivity index (χ0n) is 40.4. The van der Waals surface area contributed by atoms with Gasteiger partial charge in [-0.3, -0.25) is 19.2 Å². The first-order chi connectivity index (χ1) is 28.4. The predicted molar refractivity (Wildman–Crippen MR) is 251 cm³/mol. The minimum atomic E-state index is -0.0584. The molecule has 340 valence electrons. The molecular weight excluding hydrogens is 757 g/mol. The minimum absolute atomic E-state index is 0.0436. The fourth-order valence-electron chi connectivity index (χ4n) is 11.3. The molecule has 0 unspecified atom stereocenters. The van der Waals surface area contributed by atoms with E-state index in [-0.39, 0.29) is 27.6 Å². The average Bonchev–Trinajstić information content (AvgIpc) is 3.17. The summed E-state index contributed by atoms with van der Waals surface area (Å²) >= 11 is 0. The highest BCUT2D eigenvalue weighted by atomic mass is 16.1. The highest BCUT2D eigenvalue weighted by Gasteiger charge is 2.47. The Morgan fingerprint density at radius 1 is 0.656 bits per heavy atom. The summed E-state index contributed by atoms with van der Waals surface area (Å²) in [5.41, 5.74) is 5.93. The summed E-state index contributed by atoms with van der Waals surface area (Å²) in [6.45, 7) is 36.0. The summed E-state index contributed by atoms with van der Waals surface area (Å²) in [4.78, 5) is 68.1. The van der Waals surface area contributed by atoms with Crippen LogP contribution in [0.25, 0.3) is 0 Å². The molecule has 6 aliphatic rings. The third-order valence-electron chi connectivity index (χ3n) is 17.2. The number of ketones is 4. The molecular formula is C55H84O6. The molecule has 4 fully saturated rings. The van der Waals surface area contributed by atoms with Crippen molar-refractivity contribution in [2.75, 3.05) is 0 Å². The van der Waals surface area contributed by atoms with Crippen molar-refractivity contribution in [3.8, 4) is 0 Å². The van der Waals surface area contributed by atoms with Crippen LogP contribution in [0.15, 0.2) is 59.8 Å². The van der Waals surface area contributed by atoms with Crippen molar-refractivity contribution in [2.45, 2.75) is 185 Å². The lowest BCUT2D eigenvalue weighted by Crippen LogP contribution is -2.40. The Balaban J connectivity index is 0.000000218. The van der Waals surface area contributed by atoms with E-state index in [4.69, 9.17) is 0 Å². The minimum Gasteiger partial charge on any atom is -0.303 e. The van der Waals surface area contributed by atoms with E-state index in [2.05, 4.69) is 94.2 Å². The molecule has 61 heavy (non-hydrogen) atoms. The molecule has 0 heterocycles. The third kappa shape index (κ3) is 12.9.